The Morgan fingerprint density at radius 1 is 1.16 bits per heavy atom. The summed E-state index contributed by atoms with van der Waals surface area (Å²) in [5, 5.41) is 0. The summed E-state index contributed by atoms with van der Waals surface area (Å²) in [5.41, 5.74) is 8.11. The maximum atomic E-state index is 5.96. The van der Waals surface area contributed by atoms with Gasteiger partial charge in [-0.15, -0.1) is 11.8 Å². The van der Waals surface area contributed by atoms with E-state index in [2.05, 4.69) is 31.4 Å². The highest BCUT2D eigenvalue weighted by atomic mass is 32.2. The smallest absolute Gasteiger partial charge is 0.140 e. The number of aryl methyl sites for hydroxylation is 1. The third-order valence-electron chi connectivity index (χ3n) is 3.02. The van der Waals surface area contributed by atoms with Gasteiger partial charge < -0.3 is 10.5 Å². The number of hydrogen-bond acceptors (Lipinski definition) is 3. The number of ether oxygens (including phenoxy) is 1. The molecule has 19 heavy (non-hydrogen) atoms. The van der Waals surface area contributed by atoms with Crippen LogP contribution in [0.3, 0.4) is 0 Å². The molecule has 0 spiro atoms. The van der Waals surface area contributed by atoms with Gasteiger partial charge >= 0.3 is 0 Å². The fraction of sp³-hybridized carbons (Fsp3) is 0.250. The first kappa shape index (κ1) is 14.0. The Bertz CT molecular complexity index is 554. The minimum atomic E-state index is 0.677. The fourth-order valence-corrected chi connectivity index (χ4v) is 2.52. The molecule has 0 unspecified atom stereocenters. The van der Waals surface area contributed by atoms with E-state index in [0.29, 0.717) is 6.54 Å². The van der Waals surface area contributed by atoms with E-state index >= 15 is 0 Å². The molecule has 0 heterocycles. The molecular weight excluding hydrogens is 254 g/mol. The van der Waals surface area contributed by atoms with E-state index in [1.807, 2.05) is 24.3 Å². The molecular formula is C16H19NOS. The summed E-state index contributed by atoms with van der Waals surface area (Å²) in [7, 11) is 0. The summed E-state index contributed by atoms with van der Waals surface area (Å²) in [6.07, 6.45) is 2.96. The molecule has 100 valence electrons. The first-order chi connectivity index (χ1) is 9.24. The first-order valence-electron chi connectivity index (χ1n) is 6.35. The second-order valence-corrected chi connectivity index (χ2v) is 5.23. The van der Waals surface area contributed by atoms with Crippen molar-refractivity contribution < 1.29 is 4.74 Å². The van der Waals surface area contributed by atoms with Crippen LogP contribution in [0.25, 0.3) is 0 Å². The third-order valence-corrected chi connectivity index (χ3v) is 3.80. The van der Waals surface area contributed by atoms with Gasteiger partial charge in [0.15, 0.2) is 0 Å². The molecule has 0 aliphatic rings. The molecule has 2 aromatic rings. The van der Waals surface area contributed by atoms with E-state index in [9.17, 15) is 0 Å². The van der Waals surface area contributed by atoms with Gasteiger partial charge in [-0.3, -0.25) is 0 Å². The van der Waals surface area contributed by atoms with Crippen LogP contribution in [0.5, 0.6) is 11.5 Å². The maximum absolute atomic E-state index is 5.96. The Hall–Kier alpha value is -1.45. The molecule has 0 atom stereocenters. The molecule has 0 fully saturated rings. The highest BCUT2D eigenvalue weighted by Gasteiger charge is 2.05. The van der Waals surface area contributed by atoms with E-state index in [-0.39, 0.29) is 0 Å². The average Bonchev–Trinajstić information content (AvgIpc) is 2.43. The predicted molar refractivity (Wildman–Crippen MR) is 82.2 cm³/mol. The largest absolute Gasteiger partial charge is 0.456 e. The standard InChI is InChI=1S/C16H19NOS/c1-12-11-14(8-7-13(12)9-10-17)18-15-5-3-4-6-16(15)19-2/h3-8,11H,9-10,17H2,1-2H3. The van der Waals surface area contributed by atoms with Gasteiger partial charge in [-0.1, -0.05) is 18.2 Å². The molecule has 2 N–H and O–H groups in total. The van der Waals surface area contributed by atoms with Crippen LogP contribution in [0.2, 0.25) is 0 Å². The second-order valence-electron chi connectivity index (χ2n) is 4.38. The first-order valence-corrected chi connectivity index (χ1v) is 7.57. The lowest BCUT2D eigenvalue weighted by atomic mass is 10.1. The molecule has 0 radical (unpaired) electrons. The quantitative estimate of drug-likeness (QED) is 0.836. The highest BCUT2D eigenvalue weighted by Crippen LogP contribution is 2.31. The van der Waals surface area contributed by atoms with E-state index in [1.54, 1.807) is 11.8 Å². The van der Waals surface area contributed by atoms with Crippen LogP contribution in [0, 0.1) is 6.92 Å². The second kappa shape index (κ2) is 6.64. The predicted octanol–water partition coefficient (Wildman–Crippen LogP) is 4.01. The Kier molecular flexibility index (Phi) is 4.88. The summed E-state index contributed by atoms with van der Waals surface area (Å²) < 4.78 is 5.96. The van der Waals surface area contributed by atoms with Crippen molar-refractivity contribution in [1.82, 2.24) is 0 Å². The molecule has 2 nitrogen and oxygen atoms in total. The van der Waals surface area contributed by atoms with Gasteiger partial charge in [-0.05, 0) is 61.5 Å². The SMILES string of the molecule is CSc1ccccc1Oc1ccc(CCN)c(C)c1. The molecule has 0 amide bonds. The van der Waals surface area contributed by atoms with Crippen molar-refractivity contribution in [2.45, 2.75) is 18.2 Å². The number of rotatable bonds is 5. The normalized spacial score (nSPS) is 10.5. The van der Waals surface area contributed by atoms with Gasteiger partial charge in [0.1, 0.15) is 11.5 Å². The lowest BCUT2D eigenvalue weighted by Gasteiger charge is -2.11. The Labute approximate surface area is 119 Å². The van der Waals surface area contributed by atoms with Crippen molar-refractivity contribution in [3.63, 3.8) is 0 Å². The zero-order chi connectivity index (χ0) is 13.7. The van der Waals surface area contributed by atoms with E-state index < -0.39 is 0 Å². The summed E-state index contributed by atoms with van der Waals surface area (Å²) in [6.45, 7) is 2.77. The lowest BCUT2D eigenvalue weighted by Crippen LogP contribution is -2.04. The maximum Gasteiger partial charge on any atom is 0.140 e. The zero-order valence-corrected chi connectivity index (χ0v) is 12.2. The van der Waals surface area contributed by atoms with Crippen LogP contribution in [0.4, 0.5) is 0 Å². The summed E-state index contributed by atoms with van der Waals surface area (Å²) in [5.74, 6) is 1.78. The summed E-state index contributed by atoms with van der Waals surface area (Å²) in [6, 6.07) is 14.3. The Balaban J connectivity index is 2.21. The van der Waals surface area contributed by atoms with Gasteiger partial charge in [0.25, 0.3) is 0 Å². The number of para-hydroxylation sites is 1. The lowest BCUT2D eigenvalue weighted by molar-refractivity contribution is 0.470. The van der Waals surface area contributed by atoms with Crippen molar-refractivity contribution in [2.24, 2.45) is 5.73 Å². The fourth-order valence-electron chi connectivity index (χ4n) is 2.00. The van der Waals surface area contributed by atoms with Gasteiger partial charge in [0, 0.05) is 4.90 Å². The van der Waals surface area contributed by atoms with Crippen molar-refractivity contribution >= 4 is 11.8 Å². The third kappa shape index (κ3) is 3.52. The van der Waals surface area contributed by atoms with Crippen LogP contribution >= 0.6 is 11.8 Å². The summed E-state index contributed by atoms with van der Waals surface area (Å²) in [4.78, 5) is 1.14. The topological polar surface area (TPSA) is 35.2 Å². The van der Waals surface area contributed by atoms with Crippen molar-refractivity contribution in [3.8, 4) is 11.5 Å². The van der Waals surface area contributed by atoms with Gasteiger partial charge in [-0.25, -0.2) is 0 Å². The zero-order valence-electron chi connectivity index (χ0n) is 11.3. The van der Waals surface area contributed by atoms with E-state index in [0.717, 1.165) is 22.8 Å². The number of thioether (sulfide) groups is 1. The molecule has 0 saturated heterocycles. The number of nitrogens with two attached hydrogens (primary N) is 1. The number of benzene rings is 2. The molecule has 3 heteroatoms. The molecule has 2 aromatic carbocycles. The molecule has 0 aromatic heterocycles. The van der Waals surface area contributed by atoms with Crippen LogP contribution in [-0.4, -0.2) is 12.8 Å². The molecule has 0 aliphatic carbocycles. The minimum absolute atomic E-state index is 0.677. The van der Waals surface area contributed by atoms with E-state index in [1.165, 1.54) is 11.1 Å². The monoisotopic (exact) mass is 273 g/mol. The van der Waals surface area contributed by atoms with Crippen LogP contribution in [0.1, 0.15) is 11.1 Å². The average molecular weight is 273 g/mol. The summed E-state index contributed by atoms with van der Waals surface area (Å²) >= 11 is 1.69. The molecule has 0 saturated carbocycles. The molecule has 0 aliphatic heterocycles. The number of hydrogen-bond donors (Lipinski definition) is 1. The van der Waals surface area contributed by atoms with Gasteiger partial charge in [0.2, 0.25) is 0 Å². The molecule has 2 rings (SSSR count). The van der Waals surface area contributed by atoms with Crippen LogP contribution < -0.4 is 10.5 Å². The minimum Gasteiger partial charge on any atom is -0.456 e. The Morgan fingerprint density at radius 2 is 1.95 bits per heavy atom. The van der Waals surface area contributed by atoms with Crippen molar-refractivity contribution in [2.75, 3.05) is 12.8 Å². The molecule has 0 bridgehead atoms. The van der Waals surface area contributed by atoms with Crippen molar-refractivity contribution in [3.05, 3.63) is 53.6 Å². The van der Waals surface area contributed by atoms with Gasteiger partial charge in [0.05, 0.1) is 0 Å². The van der Waals surface area contributed by atoms with E-state index in [4.69, 9.17) is 10.5 Å². The van der Waals surface area contributed by atoms with Gasteiger partial charge in [-0.2, -0.15) is 0 Å². The Morgan fingerprint density at radius 3 is 2.63 bits per heavy atom. The van der Waals surface area contributed by atoms with Crippen LogP contribution in [0.15, 0.2) is 47.4 Å². The highest BCUT2D eigenvalue weighted by molar-refractivity contribution is 7.98. The van der Waals surface area contributed by atoms with Crippen LogP contribution in [-0.2, 0) is 6.42 Å². The van der Waals surface area contributed by atoms with Crippen molar-refractivity contribution in [1.29, 1.82) is 0 Å².